The summed E-state index contributed by atoms with van der Waals surface area (Å²) in [6.07, 6.45) is 10.0. The quantitative estimate of drug-likeness (QED) is 0.595. The van der Waals surface area contributed by atoms with Crippen LogP contribution in [0.5, 0.6) is 0 Å². The summed E-state index contributed by atoms with van der Waals surface area (Å²) in [5, 5.41) is 0. The Hall–Kier alpha value is -2.08. The molecule has 20 heavy (non-hydrogen) atoms. The van der Waals surface area contributed by atoms with E-state index in [1.165, 1.54) is 33.4 Å². The summed E-state index contributed by atoms with van der Waals surface area (Å²) >= 11 is 0. The minimum absolute atomic E-state index is 1.08. The molecule has 0 heterocycles. The third kappa shape index (κ3) is 1.61. The molecule has 0 bridgehead atoms. The van der Waals surface area contributed by atoms with Crippen molar-refractivity contribution in [2.45, 2.75) is 26.2 Å². The van der Waals surface area contributed by atoms with Gasteiger partial charge in [-0.3, -0.25) is 0 Å². The van der Waals surface area contributed by atoms with E-state index in [1.54, 1.807) is 5.56 Å². The van der Waals surface area contributed by atoms with Crippen LogP contribution in [0.4, 0.5) is 0 Å². The van der Waals surface area contributed by atoms with Gasteiger partial charge in [0.15, 0.2) is 0 Å². The van der Waals surface area contributed by atoms with Crippen molar-refractivity contribution < 1.29 is 0 Å². The summed E-state index contributed by atoms with van der Waals surface area (Å²) in [4.78, 5) is 0. The first-order valence-electron chi connectivity index (χ1n) is 7.47. The normalized spacial score (nSPS) is 15.2. The Kier molecular flexibility index (Phi) is 2.63. The van der Waals surface area contributed by atoms with Gasteiger partial charge in [0.1, 0.15) is 0 Å². The van der Waals surface area contributed by atoms with E-state index in [-0.39, 0.29) is 0 Å². The fourth-order valence-corrected chi connectivity index (χ4v) is 3.59. The van der Waals surface area contributed by atoms with Crippen LogP contribution in [0, 0.1) is 0 Å². The van der Waals surface area contributed by atoms with Gasteiger partial charge in [-0.1, -0.05) is 61.5 Å². The number of rotatable bonds is 2. The van der Waals surface area contributed by atoms with Gasteiger partial charge in [-0.25, -0.2) is 0 Å². The monoisotopic (exact) mass is 258 g/mol. The SMILES string of the molecule is CCc1ccc2c(c1C1=CC=CC1)Cc1ccccc1-2. The van der Waals surface area contributed by atoms with E-state index in [0.717, 1.165) is 19.3 Å². The molecule has 0 fully saturated rings. The van der Waals surface area contributed by atoms with Gasteiger partial charge in [0.25, 0.3) is 0 Å². The molecule has 2 aromatic carbocycles. The van der Waals surface area contributed by atoms with Gasteiger partial charge in [-0.2, -0.15) is 0 Å². The van der Waals surface area contributed by atoms with Gasteiger partial charge >= 0.3 is 0 Å². The maximum atomic E-state index is 2.33. The highest BCUT2D eigenvalue weighted by molar-refractivity contribution is 5.86. The van der Waals surface area contributed by atoms with Crippen molar-refractivity contribution in [1.82, 2.24) is 0 Å². The molecule has 0 atom stereocenters. The zero-order chi connectivity index (χ0) is 13.5. The van der Waals surface area contributed by atoms with Gasteiger partial charge in [-0.15, -0.1) is 0 Å². The third-order valence-corrected chi connectivity index (χ3v) is 4.55. The molecule has 0 nitrogen and oxygen atoms in total. The zero-order valence-electron chi connectivity index (χ0n) is 11.8. The van der Waals surface area contributed by atoms with Crippen LogP contribution < -0.4 is 0 Å². The van der Waals surface area contributed by atoms with Crippen molar-refractivity contribution >= 4 is 5.57 Å². The molecule has 0 heteroatoms. The fourth-order valence-electron chi connectivity index (χ4n) is 3.59. The molecule has 0 amide bonds. The second-order valence-corrected chi connectivity index (χ2v) is 5.64. The first-order valence-corrected chi connectivity index (χ1v) is 7.47. The van der Waals surface area contributed by atoms with Crippen LogP contribution in [-0.4, -0.2) is 0 Å². The predicted molar refractivity (Wildman–Crippen MR) is 85.8 cm³/mol. The van der Waals surface area contributed by atoms with Crippen molar-refractivity contribution in [3.8, 4) is 11.1 Å². The lowest BCUT2D eigenvalue weighted by atomic mass is 9.89. The summed E-state index contributed by atoms with van der Waals surface area (Å²) in [7, 11) is 0. The number of fused-ring (bicyclic) bond motifs is 3. The van der Waals surface area contributed by atoms with Crippen molar-refractivity contribution in [3.63, 3.8) is 0 Å². The van der Waals surface area contributed by atoms with E-state index in [9.17, 15) is 0 Å². The molecular weight excluding hydrogens is 240 g/mol. The summed E-state index contributed by atoms with van der Waals surface area (Å²) in [5.41, 5.74) is 10.4. The highest BCUT2D eigenvalue weighted by atomic mass is 14.3. The van der Waals surface area contributed by atoms with Crippen LogP contribution in [0.25, 0.3) is 16.7 Å². The number of hydrogen-bond acceptors (Lipinski definition) is 0. The molecule has 98 valence electrons. The number of hydrogen-bond donors (Lipinski definition) is 0. The maximum Gasteiger partial charge on any atom is -0.000730 e. The Bertz CT molecular complexity index is 745. The molecule has 2 aliphatic rings. The number of benzene rings is 2. The Morgan fingerprint density at radius 2 is 1.90 bits per heavy atom. The smallest absolute Gasteiger partial charge is 0.000730 e. The number of allylic oxidation sites excluding steroid dienone is 4. The lowest BCUT2D eigenvalue weighted by Crippen LogP contribution is -1.98. The van der Waals surface area contributed by atoms with E-state index in [0.29, 0.717) is 0 Å². The summed E-state index contributed by atoms with van der Waals surface area (Å²) in [6.45, 7) is 2.26. The summed E-state index contributed by atoms with van der Waals surface area (Å²) in [5.74, 6) is 0. The second-order valence-electron chi connectivity index (χ2n) is 5.64. The summed E-state index contributed by atoms with van der Waals surface area (Å²) < 4.78 is 0. The Balaban J connectivity index is 1.96. The van der Waals surface area contributed by atoms with E-state index in [1.807, 2.05) is 0 Å². The van der Waals surface area contributed by atoms with Crippen LogP contribution >= 0.6 is 0 Å². The molecule has 4 rings (SSSR count). The number of aryl methyl sites for hydroxylation is 1. The molecule has 0 N–H and O–H groups in total. The Morgan fingerprint density at radius 3 is 2.70 bits per heavy atom. The lowest BCUT2D eigenvalue weighted by Gasteiger charge is -2.15. The van der Waals surface area contributed by atoms with Crippen molar-refractivity contribution in [2.24, 2.45) is 0 Å². The van der Waals surface area contributed by atoms with Gasteiger partial charge in [0.2, 0.25) is 0 Å². The zero-order valence-corrected chi connectivity index (χ0v) is 11.8. The minimum Gasteiger partial charge on any atom is -0.0801 e. The van der Waals surface area contributed by atoms with Crippen molar-refractivity contribution in [3.05, 3.63) is 76.9 Å². The molecule has 0 aliphatic heterocycles. The van der Waals surface area contributed by atoms with E-state index in [4.69, 9.17) is 0 Å². The summed E-state index contributed by atoms with van der Waals surface area (Å²) in [6, 6.07) is 13.5. The Morgan fingerprint density at radius 1 is 1.00 bits per heavy atom. The largest absolute Gasteiger partial charge is 0.0801 e. The van der Waals surface area contributed by atoms with Crippen LogP contribution in [0.1, 0.15) is 35.6 Å². The molecule has 2 aromatic rings. The van der Waals surface area contributed by atoms with E-state index >= 15 is 0 Å². The van der Waals surface area contributed by atoms with Gasteiger partial charge in [0, 0.05) is 0 Å². The molecule has 2 aliphatic carbocycles. The van der Waals surface area contributed by atoms with Gasteiger partial charge in [0.05, 0.1) is 0 Å². The average Bonchev–Trinajstić information content (AvgIpc) is 3.13. The van der Waals surface area contributed by atoms with Crippen LogP contribution in [0.2, 0.25) is 0 Å². The first-order chi connectivity index (χ1) is 9.88. The average molecular weight is 258 g/mol. The first kappa shape index (κ1) is 11.7. The lowest BCUT2D eigenvalue weighted by molar-refractivity contribution is 1.10. The molecule has 0 spiro atoms. The van der Waals surface area contributed by atoms with E-state index < -0.39 is 0 Å². The highest BCUT2D eigenvalue weighted by Gasteiger charge is 2.23. The van der Waals surface area contributed by atoms with Crippen LogP contribution in [-0.2, 0) is 12.8 Å². The highest BCUT2D eigenvalue weighted by Crippen LogP contribution is 2.42. The third-order valence-electron chi connectivity index (χ3n) is 4.55. The molecule has 0 radical (unpaired) electrons. The fraction of sp³-hybridized carbons (Fsp3) is 0.200. The molecule has 0 unspecified atom stereocenters. The topological polar surface area (TPSA) is 0 Å². The molecular formula is C20H18. The van der Waals surface area contributed by atoms with Gasteiger partial charge in [-0.05, 0) is 58.2 Å². The minimum atomic E-state index is 1.08. The van der Waals surface area contributed by atoms with Crippen LogP contribution in [0.15, 0.2) is 54.6 Å². The Labute approximate surface area is 120 Å². The van der Waals surface area contributed by atoms with Crippen molar-refractivity contribution in [2.75, 3.05) is 0 Å². The molecule has 0 saturated heterocycles. The van der Waals surface area contributed by atoms with Gasteiger partial charge < -0.3 is 0 Å². The molecule has 0 saturated carbocycles. The second kappa shape index (κ2) is 4.49. The standard InChI is InChI=1S/C20H18/c1-2-14-11-12-18-17-10-6-5-9-16(17)13-19(18)20(14)15-7-3-4-8-15/h3-7,9-12H,2,8,13H2,1H3. The van der Waals surface area contributed by atoms with Crippen molar-refractivity contribution in [1.29, 1.82) is 0 Å². The molecule has 0 aromatic heterocycles. The predicted octanol–water partition coefficient (Wildman–Crippen LogP) is 5.16. The van der Waals surface area contributed by atoms with Crippen LogP contribution in [0.3, 0.4) is 0 Å². The van der Waals surface area contributed by atoms with E-state index in [2.05, 4.69) is 61.5 Å². The maximum absolute atomic E-state index is 2.33.